The van der Waals surface area contributed by atoms with Gasteiger partial charge in [-0.2, -0.15) is 0 Å². The molecule has 0 aliphatic carbocycles. The number of carbonyl (C=O) groups is 12. The van der Waals surface area contributed by atoms with Crippen molar-refractivity contribution < 1.29 is 67.7 Å². The van der Waals surface area contributed by atoms with Crippen LogP contribution in [0.1, 0.15) is 95.2 Å². The first-order valence-electron chi connectivity index (χ1n) is 32.6. The molecular weight excluding hydrogens is 1290 g/mol. The molecule has 0 radical (unpaired) electrons. The second kappa shape index (κ2) is 37.4. The third-order valence-corrected chi connectivity index (χ3v) is 17.1. The van der Waals surface area contributed by atoms with Gasteiger partial charge in [-0.05, 0) is 116 Å². The molecule has 4 aromatic carbocycles. The molecule has 2 aliphatic heterocycles. The van der Waals surface area contributed by atoms with Gasteiger partial charge in [0, 0.05) is 63.9 Å². The lowest BCUT2D eigenvalue weighted by Gasteiger charge is -2.33. The highest BCUT2D eigenvalue weighted by molar-refractivity contribution is 6.30. The Morgan fingerprint density at radius 2 is 1.24 bits per heavy atom. The number of benzene rings is 4. The predicted molar refractivity (Wildman–Crippen MR) is 363 cm³/mol. The van der Waals surface area contributed by atoms with E-state index in [1.165, 1.54) is 48.0 Å². The van der Waals surface area contributed by atoms with Crippen molar-refractivity contribution in [2.24, 2.45) is 33.8 Å². The number of primary amides is 2. The lowest BCUT2D eigenvalue weighted by Crippen LogP contribution is -2.61. The van der Waals surface area contributed by atoms with Gasteiger partial charge in [0.25, 0.3) is 0 Å². The van der Waals surface area contributed by atoms with Gasteiger partial charge in [0.15, 0.2) is 5.96 Å². The molecule has 31 heteroatoms. The number of nitrogens with one attached hydrogen (secondary N) is 8. The van der Waals surface area contributed by atoms with Gasteiger partial charge in [0.2, 0.25) is 65.0 Å². The number of likely N-dealkylation sites (N-methyl/N-ethyl adjacent to an activating group) is 1. The Labute approximate surface area is 572 Å². The number of urea groups is 1. The summed E-state index contributed by atoms with van der Waals surface area (Å²) in [5.41, 5.74) is 23.4. The lowest BCUT2D eigenvalue weighted by molar-refractivity contribution is -0.144. The number of hydrogen-bond donors (Lipinski definition) is 14. The fraction of sp³-hybridized carbons (Fsp3) is 0.478. The minimum absolute atomic E-state index is 0.0118. The van der Waals surface area contributed by atoms with E-state index in [0.29, 0.717) is 41.1 Å². The summed E-state index contributed by atoms with van der Waals surface area (Å²) in [6.45, 7) is 4.00. The van der Waals surface area contributed by atoms with Gasteiger partial charge in [-0.25, -0.2) is 4.79 Å². The van der Waals surface area contributed by atoms with E-state index in [4.69, 9.17) is 34.5 Å². The molecule has 13 amide bonds. The summed E-state index contributed by atoms with van der Waals surface area (Å²) in [5, 5.41) is 44.4. The van der Waals surface area contributed by atoms with Crippen LogP contribution in [0.15, 0.2) is 96.0 Å². The van der Waals surface area contributed by atoms with Crippen LogP contribution < -0.4 is 65.5 Å². The molecule has 0 saturated carbocycles. The molecule has 30 nitrogen and oxygen atoms in total. The van der Waals surface area contributed by atoms with Crippen LogP contribution in [-0.2, 0) is 72.0 Å². The number of aliphatic hydroxyl groups excluding tert-OH is 1. The molecule has 9 atom stereocenters. The van der Waals surface area contributed by atoms with E-state index in [1.54, 1.807) is 56.3 Å². The maximum Gasteiger partial charge on any atom is 0.312 e. The first-order valence-corrected chi connectivity index (χ1v) is 32.9. The normalized spacial score (nSPS) is 16.0. The number of fused-ring (bicyclic) bond motifs is 1. The number of aliphatic hydroxyl groups is 1. The molecule has 4 aromatic rings. The second-order valence-corrected chi connectivity index (χ2v) is 25.3. The SMILES string of the molecule is CC(C)CC(NC(=O)C(CCCNC(N)=O)NC(=O)C(Cc1ccc(O)cc1)N(C)C(=O)C(CO)NC(=O)C(Cc1cccc2ccccc12)NC(=O)C(Cc1ccc(Cl)cc1)NC(=O)CN1CCCC1=O)C(=O)NC(CCCN=C(N)N)C(=O)N1CCCC1C(=O)NC(C)C(N)=O. The van der Waals surface area contributed by atoms with Crippen LogP contribution in [-0.4, -0.2) is 203 Å². The fourth-order valence-electron chi connectivity index (χ4n) is 11.6. The summed E-state index contributed by atoms with van der Waals surface area (Å²) in [6, 6.07) is 11.4. The van der Waals surface area contributed by atoms with Crippen molar-refractivity contribution in [2.75, 3.05) is 46.4 Å². The van der Waals surface area contributed by atoms with Gasteiger partial charge in [0.05, 0.1) is 13.2 Å². The highest BCUT2D eigenvalue weighted by Gasteiger charge is 2.41. The number of rotatable bonds is 36. The van der Waals surface area contributed by atoms with Crippen molar-refractivity contribution in [3.63, 3.8) is 0 Å². The standard InChI is InChI=1S/C67H91ClN16O14/c1-38(2)32-49(59(91)78-48(17-9-28-73-66(70)71)65(97)84-31-10-18-53(84)62(94)75-39(3)57(69)89)79-58(90)47(16-8-29-74-67(72)98)77-63(95)54(34-41-22-26-45(86)27-23-41)82(4)64(96)52(37-85)81-61(93)51(35-43-14-7-13-42-12-5-6-15-46(42)43)80-60(92)50(33-40-20-24-44(68)25-21-40)76-55(87)36-83-30-11-19-56(83)88/h5-7,12-15,20-27,38-39,47-54,85-86H,8-11,16-19,28-37H2,1-4H3,(H2,69,89)(H,75,94)(H,76,87)(H,77,95)(H,78,91)(H,79,90)(H,80,92)(H,81,93)(H4,70,71,73)(H3,72,74,98). The predicted octanol–water partition coefficient (Wildman–Crippen LogP) is -0.894. The number of amides is 13. The Morgan fingerprint density at radius 3 is 1.89 bits per heavy atom. The van der Waals surface area contributed by atoms with Gasteiger partial charge in [-0.15, -0.1) is 0 Å². The van der Waals surface area contributed by atoms with Crippen LogP contribution in [0.3, 0.4) is 0 Å². The van der Waals surface area contributed by atoms with Gasteiger partial charge < -0.3 is 90.4 Å². The zero-order valence-electron chi connectivity index (χ0n) is 55.4. The molecule has 18 N–H and O–H groups in total. The van der Waals surface area contributed by atoms with Gasteiger partial charge in [-0.1, -0.05) is 92.2 Å². The third kappa shape index (κ3) is 23.3. The zero-order valence-corrected chi connectivity index (χ0v) is 56.2. The van der Waals surface area contributed by atoms with Crippen LogP contribution in [0, 0.1) is 5.92 Å². The summed E-state index contributed by atoms with van der Waals surface area (Å²) in [6.07, 6.45) is 0.825. The summed E-state index contributed by atoms with van der Waals surface area (Å²) >= 11 is 6.19. The molecule has 2 fully saturated rings. The van der Waals surface area contributed by atoms with E-state index in [0.717, 1.165) is 15.7 Å². The highest BCUT2D eigenvalue weighted by atomic mass is 35.5. The summed E-state index contributed by atoms with van der Waals surface area (Å²) < 4.78 is 0. The number of phenolic OH excluding ortho intramolecular Hbond substituents is 1. The van der Waals surface area contributed by atoms with E-state index in [1.807, 2.05) is 24.3 Å². The quantitative estimate of drug-likeness (QED) is 0.0149. The maximum atomic E-state index is 15.1. The number of phenols is 1. The molecule has 2 aliphatic rings. The highest BCUT2D eigenvalue weighted by Crippen LogP contribution is 2.24. The molecule has 2 saturated heterocycles. The fourth-order valence-corrected chi connectivity index (χ4v) is 11.7. The molecule has 0 aromatic heterocycles. The topological polar surface area (TPSA) is 468 Å². The molecule has 0 bridgehead atoms. The number of nitrogens with zero attached hydrogens (tertiary/aromatic N) is 4. The Bertz CT molecular complexity index is 3520. The van der Waals surface area contributed by atoms with E-state index < -0.39 is 126 Å². The van der Waals surface area contributed by atoms with Crippen molar-refractivity contribution in [1.82, 2.24) is 57.2 Å². The Morgan fingerprint density at radius 1 is 0.653 bits per heavy atom. The van der Waals surface area contributed by atoms with E-state index in [9.17, 15) is 63.0 Å². The molecular formula is C67H91ClN16O14. The van der Waals surface area contributed by atoms with Crippen molar-refractivity contribution in [2.45, 2.75) is 152 Å². The minimum Gasteiger partial charge on any atom is -0.508 e. The van der Waals surface area contributed by atoms with Gasteiger partial charge in [-0.3, -0.25) is 57.7 Å². The summed E-state index contributed by atoms with van der Waals surface area (Å²) in [5.74, 6) is -9.07. The van der Waals surface area contributed by atoms with Crippen molar-refractivity contribution in [3.05, 3.63) is 113 Å². The molecule has 98 heavy (non-hydrogen) atoms. The average molecular weight is 1380 g/mol. The molecule has 2 heterocycles. The lowest BCUT2D eigenvalue weighted by atomic mass is 9.97. The number of carbonyl (C=O) groups excluding carboxylic acids is 12. The summed E-state index contributed by atoms with van der Waals surface area (Å²) in [7, 11) is 1.22. The van der Waals surface area contributed by atoms with Crippen molar-refractivity contribution in [1.29, 1.82) is 0 Å². The van der Waals surface area contributed by atoms with Crippen LogP contribution in [0.25, 0.3) is 10.8 Å². The Hall–Kier alpha value is -10.1. The first-order chi connectivity index (χ1) is 46.6. The Balaban J connectivity index is 1.29. The summed E-state index contributed by atoms with van der Waals surface area (Å²) in [4.78, 5) is 174. The number of hydrogen-bond acceptors (Lipinski definition) is 15. The smallest absolute Gasteiger partial charge is 0.312 e. The number of halogens is 1. The van der Waals surface area contributed by atoms with Gasteiger partial charge in [0.1, 0.15) is 60.1 Å². The number of guanidine groups is 1. The second-order valence-electron chi connectivity index (χ2n) is 24.9. The van der Waals surface area contributed by atoms with Crippen LogP contribution in [0.2, 0.25) is 5.02 Å². The van der Waals surface area contributed by atoms with Crippen LogP contribution >= 0.6 is 11.6 Å². The number of likely N-dealkylation sites (tertiary alicyclic amines) is 2. The molecule has 0 spiro atoms. The minimum atomic E-state index is -1.81. The first kappa shape index (κ1) is 76.9. The number of aromatic hydroxyl groups is 1. The van der Waals surface area contributed by atoms with E-state index >= 15 is 4.79 Å². The number of aliphatic imine (C=N–C) groups is 1. The molecule has 6 rings (SSSR count). The van der Waals surface area contributed by atoms with Crippen LogP contribution in [0.4, 0.5) is 4.79 Å². The molecule has 530 valence electrons. The van der Waals surface area contributed by atoms with Crippen molar-refractivity contribution >= 4 is 99.3 Å². The van der Waals surface area contributed by atoms with Gasteiger partial charge >= 0.3 is 6.03 Å². The third-order valence-electron chi connectivity index (χ3n) is 16.9. The monoisotopic (exact) mass is 1380 g/mol. The maximum absolute atomic E-state index is 15.1. The number of nitrogens with two attached hydrogens (primary N) is 4. The van der Waals surface area contributed by atoms with Crippen molar-refractivity contribution in [3.8, 4) is 5.75 Å². The Kier molecular flexibility index (Phi) is 29.4. The zero-order chi connectivity index (χ0) is 71.8. The van der Waals surface area contributed by atoms with Crippen LogP contribution in [0.5, 0.6) is 5.75 Å². The average Bonchev–Trinajstić information content (AvgIpc) is 1.31. The largest absolute Gasteiger partial charge is 0.508 e. The molecule has 9 unspecified atom stereocenters. The van der Waals surface area contributed by atoms with E-state index in [2.05, 4.69) is 47.5 Å². The van der Waals surface area contributed by atoms with E-state index in [-0.39, 0.29) is 114 Å².